The van der Waals surface area contributed by atoms with E-state index in [2.05, 4.69) is 20.9 Å². The molecular weight excluding hydrogens is 335 g/mol. The van der Waals surface area contributed by atoms with Gasteiger partial charge in [0, 0.05) is 13.1 Å². The highest BCUT2D eigenvalue weighted by molar-refractivity contribution is 5.86. The van der Waals surface area contributed by atoms with Gasteiger partial charge in [-0.25, -0.2) is 4.98 Å². The number of imidazole rings is 1. The van der Waals surface area contributed by atoms with Gasteiger partial charge >= 0.3 is 0 Å². The second-order valence-corrected chi connectivity index (χ2v) is 5.90. The molecule has 5 nitrogen and oxygen atoms in total. The Bertz CT molecular complexity index is 638. The van der Waals surface area contributed by atoms with Crippen molar-refractivity contribution in [1.82, 2.24) is 14.9 Å². The van der Waals surface area contributed by atoms with Crippen molar-refractivity contribution in [3.63, 3.8) is 0 Å². The molecule has 1 amide bonds. The van der Waals surface area contributed by atoms with Crippen molar-refractivity contribution in [2.75, 3.05) is 6.54 Å². The molecular formula is C16H24Cl2N4O. The fourth-order valence-corrected chi connectivity index (χ4v) is 3.05. The number of benzene rings is 1. The molecule has 3 N–H and O–H groups in total. The van der Waals surface area contributed by atoms with E-state index in [0.717, 1.165) is 49.7 Å². The summed E-state index contributed by atoms with van der Waals surface area (Å²) in [5.74, 6) is 0.00971. The molecule has 1 aliphatic carbocycles. The van der Waals surface area contributed by atoms with Crippen molar-refractivity contribution < 1.29 is 4.79 Å². The largest absolute Gasteiger partial charge is 0.354 e. The molecule has 0 saturated heterocycles. The van der Waals surface area contributed by atoms with E-state index in [9.17, 15) is 4.79 Å². The van der Waals surface area contributed by atoms with Crippen LogP contribution in [0.1, 0.15) is 32.1 Å². The minimum atomic E-state index is -0.623. The number of nitrogens with zero attached hydrogens (tertiary/aromatic N) is 2. The number of fused-ring (bicyclic) bond motifs is 1. The minimum Gasteiger partial charge on any atom is -0.354 e. The number of nitrogens with one attached hydrogen (secondary N) is 1. The van der Waals surface area contributed by atoms with E-state index in [-0.39, 0.29) is 30.7 Å². The van der Waals surface area contributed by atoms with E-state index in [4.69, 9.17) is 5.73 Å². The maximum Gasteiger partial charge on any atom is 0.240 e. The van der Waals surface area contributed by atoms with Crippen LogP contribution in [0.2, 0.25) is 0 Å². The van der Waals surface area contributed by atoms with Crippen molar-refractivity contribution >= 4 is 41.8 Å². The molecule has 2 aromatic rings. The van der Waals surface area contributed by atoms with Crippen molar-refractivity contribution in [2.24, 2.45) is 5.73 Å². The van der Waals surface area contributed by atoms with Crippen LogP contribution in [0.15, 0.2) is 30.6 Å². The van der Waals surface area contributed by atoms with Gasteiger partial charge < -0.3 is 15.6 Å². The molecule has 1 heterocycles. The van der Waals surface area contributed by atoms with Crippen LogP contribution in [-0.4, -0.2) is 27.5 Å². The Labute approximate surface area is 148 Å². The molecule has 23 heavy (non-hydrogen) atoms. The normalized spacial score (nSPS) is 15.7. The first-order valence-electron chi connectivity index (χ1n) is 7.66. The van der Waals surface area contributed by atoms with Crippen LogP contribution in [0.3, 0.4) is 0 Å². The molecule has 0 bridgehead atoms. The number of aryl methyl sites for hydroxylation is 1. The van der Waals surface area contributed by atoms with Gasteiger partial charge in [0.25, 0.3) is 0 Å². The van der Waals surface area contributed by atoms with Crippen LogP contribution in [0.25, 0.3) is 11.0 Å². The summed E-state index contributed by atoms with van der Waals surface area (Å²) in [6.07, 6.45) is 6.47. The third kappa shape index (κ3) is 4.37. The van der Waals surface area contributed by atoms with Gasteiger partial charge in [-0.2, -0.15) is 0 Å². The predicted molar refractivity (Wildman–Crippen MR) is 97.2 cm³/mol. The van der Waals surface area contributed by atoms with Gasteiger partial charge in [0.15, 0.2) is 0 Å². The molecule has 1 aromatic carbocycles. The fourth-order valence-electron chi connectivity index (χ4n) is 3.05. The molecule has 0 atom stereocenters. The average molecular weight is 359 g/mol. The van der Waals surface area contributed by atoms with Crippen LogP contribution in [0, 0.1) is 0 Å². The van der Waals surface area contributed by atoms with Crippen LogP contribution in [-0.2, 0) is 11.3 Å². The van der Waals surface area contributed by atoms with E-state index in [1.807, 2.05) is 24.5 Å². The molecule has 0 spiro atoms. The Morgan fingerprint density at radius 2 is 1.96 bits per heavy atom. The van der Waals surface area contributed by atoms with E-state index in [0.29, 0.717) is 6.54 Å². The number of halogens is 2. The summed E-state index contributed by atoms with van der Waals surface area (Å²) in [4.78, 5) is 16.4. The Morgan fingerprint density at radius 1 is 1.26 bits per heavy atom. The van der Waals surface area contributed by atoms with Crippen molar-refractivity contribution in [3.05, 3.63) is 30.6 Å². The molecule has 7 heteroatoms. The van der Waals surface area contributed by atoms with Gasteiger partial charge in [0.2, 0.25) is 5.91 Å². The Balaban J connectivity index is 0.00000132. The number of carbonyl (C=O) groups excluding carboxylic acids is 1. The number of carbonyl (C=O) groups is 1. The summed E-state index contributed by atoms with van der Waals surface area (Å²) in [7, 11) is 0. The average Bonchev–Trinajstić information content (AvgIpc) is 3.11. The van der Waals surface area contributed by atoms with Crippen LogP contribution < -0.4 is 11.1 Å². The molecule has 3 rings (SSSR count). The summed E-state index contributed by atoms with van der Waals surface area (Å²) < 4.78 is 2.12. The zero-order chi connectivity index (χ0) is 14.7. The van der Waals surface area contributed by atoms with Crippen molar-refractivity contribution in [3.8, 4) is 0 Å². The molecule has 1 aliphatic rings. The topological polar surface area (TPSA) is 72.9 Å². The number of hydrogen-bond acceptors (Lipinski definition) is 3. The third-order valence-corrected chi connectivity index (χ3v) is 4.34. The lowest BCUT2D eigenvalue weighted by Crippen LogP contribution is -2.52. The highest BCUT2D eigenvalue weighted by Gasteiger charge is 2.36. The monoisotopic (exact) mass is 358 g/mol. The first-order chi connectivity index (χ1) is 10.2. The third-order valence-electron chi connectivity index (χ3n) is 4.34. The van der Waals surface area contributed by atoms with Gasteiger partial charge in [-0.05, 0) is 31.4 Å². The van der Waals surface area contributed by atoms with Gasteiger partial charge in [0.1, 0.15) is 0 Å². The molecule has 1 saturated carbocycles. The van der Waals surface area contributed by atoms with E-state index >= 15 is 0 Å². The highest BCUT2D eigenvalue weighted by Crippen LogP contribution is 2.27. The van der Waals surface area contributed by atoms with Crippen LogP contribution in [0.5, 0.6) is 0 Å². The summed E-state index contributed by atoms with van der Waals surface area (Å²) in [6, 6.07) is 8.07. The zero-order valence-electron chi connectivity index (χ0n) is 13.0. The van der Waals surface area contributed by atoms with Crippen molar-refractivity contribution in [2.45, 2.75) is 44.2 Å². The molecule has 0 aliphatic heterocycles. The van der Waals surface area contributed by atoms with Crippen LogP contribution >= 0.6 is 24.8 Å². The van der Waals surface area contributed by atoms with Crippen molar-refractivity contribution in [1.29, 1.82) is 0 Å². The first-order valence-corrected chi connectivity index (χ1v) is 7.66. The maximum absolute atomic E-state index is 12.1. The number of para-hydroxylation sites is 2. The SMILES string of the molecule is Cl.Cl.NC1(C(=O)NCCCn2cnc3ccccc32)CCCC1. The molecule has 1 aromatic heterocycles. The van der Waals surface area contributed by atoms with E-state index in [1.54, 1.807) is 0 Å². The van der Waals surface area contributed by atoms with Gasteiger partial charge in [0.05, 0.1) is 22.9 Å². The quantitative estimate of drug-likeness (QED) is 0.806. The van der Waals surface area contributed by atoms with Gasteiger partial charge in [-0.3, -0.25) is 4.79 Å². The summed E-state index contributed by atoms with van der Waals surface area (Å²) in [5, 5.41) is 2.98. The summed E-state index contributed by atoms with van der Waals surface area (Å²) in [6.45, 7) is 1.50. The number of nitrogens with two attached hydrogens (primary N) is 1. The number of rotatable bonds is 5. The number of hydrogen-bond donors (Lipinski definition) is 2. The second kappa shape index (κ2) is 8.52. The van der Waals surface area contributed by atoms with E-state index in [1.165, 1.54) is 0 Å². The molecule has 128 valence electrons. The molecule has 1 fully saturated rings. The Morgan fingerprint density at radius 3 is 2.70 bits per heavy atom. The molecule has 0 radical (unpaired) electrons. The minimum absolute atomic E-state index is 0. The zero-order valence-corrected chi connectivity index (χ0v) is 14.7. The number of amides is 1. The van der Waals surface area contributed by atoms with Gasteiger partial charge in [-0.15, -0.1) is 24.8 Å². The van der Waals surface area contributed by atoms with Crippen LogP contribution in [0.4, 0.5) is 0 Å². The Kier molecular flexibility index (Phi) is 7.32. The van der Waals surface area contributed by atoms with E-state index < -0.39 is 5.54 Å². The van der Waals surface area contributed by atoms with Gasteiger partial charge in [-0.1, -0.05) is 25.0 Å². The highest BCUT2D eigenvalue weighted by atomic mass is 35.5. The lowest BCUT2D eigenvalue weighted by molar-refractivity contribution is -0.126. The number of aromatic nitrogens is 2. The lowest BCUT2D eigenvalue weighted by atomic mass is 9.98. The summed E-state index contributed by atoms with van der Waals surface area (Å²) >= 11 is 0. The second-order valence-electron chi connectivity index (χ2n) is 5.90. The fraction of sp³-hybridized carbons (Fsp3) is 0.500. The maximum atomic E-state index is 12.1. The summed E-state index contributed by atoms with van der Waals surface area (Å²) in [5.41, 5.74) is 7.65. The molecule has 0 unspecified atom stereocenters. The predicted octanol–water partition coefficient (Wildman–Crippen LogP) is 2.66. The first kappa shape index (κ1) is 19.7. The smallest absolute Gasteiger partial charge is 0.240 e. The Hall–Kier alpha value is -1.30. The lowest BCUT2D eigenvalue weighted by Gasteiger charge is -2.22. The standard InChI is InChI=1S/C16H22N4O.2ClH/c17-16(8-3-4-9-16)15(21)18-10-5-11-20-12-19-13-6-1-2-7-14(13)20;;/h1-2,6-7,12H,3-5,8-11,17H2,(H,18,21);2*1H.